The van der Waals surface area contributed by atoms with E-state index in [1.165, 1.54) is 5.56 Å². The Balaban J connectivity index is 2.50. The van der Waals surface area contributed by atoms with E-state index in [0.29, 0.717) is 6.04 Å². The van der Waals surface area contributed by atoms with Crippen LogP contribution < -0.4 is 10.1 Å². The number of rotatable bonds is 6. The van der Waals surface area contributed by atoms with Gasteiger partial charge in [-0.05, 0) is 24.6 Å². The van der Waals surface area contributed by atoms with Gasteiger partial charge in [-0.15, -0.1) is 0 Å². The fraction of sp³-hybridized carbons (Fsp3) is 0.429. The maximum atomic E-state index is 5.61. The van der Waals surface area contributed by atoms with Gasteiger partial charge < -0.3 is 10.1 Å². The van der Waals surface area contributed by atoms with Gasteiger partial charge in [0.05, 0.1) is 0 Å². The van der Waals surface area contributed by atoms with E-state index in [9.17, 15) is 0 Å². The van der Waals surface area contributed by atoms with Crippen molar-refractivity contribution in [1.82, 2.24) is 5.32 Å². The molecular formula is C14H21NO. The van der Waals surface area contributed by atoms with Crippen molar-refractivity contribution in [2.45, 2.75) is 39.5 Å². The number of benzene rings is 1. The molecule has 0 spiro atoms. The van der Waals surface area contributed by atoms with Gasteiger partial charge in [0.2, 0.25) is 0 Å². The van der Waals surface area contributed by atoms with Crippen LogP contribution in [0, 0.1) is 0 Å². The van der Waals surface area contributed by atoms with E-state index in [4.69, 9.17) is 4.74 Å². The standard InChI is InChI=1S/C14H21NO/c1-5-12(4)16-14-8-6-13(7-9-14)10-15-11(2)3/h5-9,11-12,15H,1,10H2,2-4H3. The molecule has 1 unspecified atom stereocenters. The van der Waals surface area contributed by atoms with Crippen molar-refractivity contribution in [3.05, 3.63) is 42.5 Å². The van der Waals surface area contributed by atoms with Crippen LogP contribution in [0.15, 0.2) is 36.9 Å². The van der Waals surface area contributed by atoms with Crippen LogP contribution in [0.1, 0.15) is 26.3 Å². The third-order valence-electron chi connectivity index (χ3n) is 2.29. The van der Waals surface area contributed by atoms with Gasteiger partial charge in [-0.25, -0.2) is 0 Å². The molecule has 1 N–H and O–H groups in total. The summed E-state index contributed by atoms with van der Waals surface area (Å²) in [5, 5.41) is 3.38. The molecular weight excluding hydrogens is 198 g/mol. The second kappa shape index (κ2) is 6.33. The summed E-state index contributed by atoms with van der Waals surface area (Å²) in [6.07, 6.45) is 1.84. The zero-order valence-corrected chi connectivity index (χ0v) is 10.4. The van der Waals surface area contributed by atoms with Crippen molar-refractivity contribution in [3.8, 4) is 5.75 Å². The van der Waals surface area contributed by atoms with E-state index in [2.05, 4.69) is 37.9 Å². The Morgan fingerprint density at radius 1 is 1.25 bits per heavy atom. The van der Waals surface area contributed by atoms with Gasteiger partial charge in [0.25, 0.3) is 0 Å². The van der Waals surface area contributed by atoms with Crippen molar-refractivity contribution in [2.24, 2.45) is 0 Å². The molecule has 0 saturated carbocycles. The Morgan fingerprint density at radius 3 is 2.38 bits per heavy atom. The average molecular weight is 219 g/mol. The minimum atomic E-state index is 0.0552. The third-order valence-corrected chi connectivity index (χ3v) is 2.29. The zero-order valence-electron chi connectivity index (χ0n) is 10.4. The highest BCUT2D eigenvalue weighted by Crippen LogP contribution is 2.14. The van der Waals surface area contributed by atoms with Gasteiger partial charge in [-0.3, -0.25) is 0 Å². The molecule has 0 aliphatic heterocycles. The molecule has 88 valence electrons. The number of hydrogen-bond acceptors (Lipinski definition) is 2. The van der Waals surface area contributed by atoms with Crippen molar-refractivity contribution in [1.29, 1.82) is 0 Å². The number of nitrogens with one attached hydrogen (secondary N) is 1. The van der Waals surface area contributed by atoms with Crippen LogP contribution in [0.4, 0.5) is 0 Å². The predicted octanol–water partition coefficient (Wildman–Crippen LogP) is 3.14. The van der Waals surface area contributed by atoms with E-state index < -0.39 is 0 Å². The van der Waals surface area contributed by atoms with E-state index >= 15 is 0 Å². The van der Waals surface area contributed by atoms with Crippen molar-refractivity contribution < 1.29 is 4.74 Å². The van der Waals surface area contributed by atoms with Gasteiger partial charge in [0.15, 0.2) is 0 Å². The van der Waals surface area contributed by atoms with Crippen LogP contribution >= 0.6 is 0 Å². The topological polar surface area (TPSA) is 21.3 Å². The first kappa shape index (κ1) is 12.8. The van der Waals surface area contributed by atoms with Gasteiger partial charge >= 0.3 is 0 Å². The molecule has 0 aliphatic rings. The molecule has 0 heterocycles. The summed E-state index contributed by atoms with van der Waals surface area (Å²) in [5.74, 6) is 0.890. The maximum Gasteiger partial charge on any atom is 0.120 e. The molecule has 1 aromatic rings. The second-order valence-electron chi connectivity index (χ2n) is 4.24. The fourth-order valence-corrected chi connectivity index (χ4v) is 1.27. The number of hydrogen-bond donors (Lipinski definition) is 1. The Bertz CT molecular complexity index is 316. The monoisotopic (exact) mass is 219 g/mol. The van der Waals surface area contributed by atoms with Gasteiger partial charge in [0.1, 0.15) is 11.9 Å². The highest BCUT2D eigenvalue weighted by atomic mass is 16.5. The van der Waals surface area contributed by atoms with Crippen LogP contribution in [0.3, 0.4) is 0 Å². The summed E-state index contributed by atoms with van der Waals surface area (Å²) in [5.41, 5.74) is 1.27. The molecule has 1 aromatic carbocycles. The van der Waals surface area contributed by atoms with E-state index in [-0.39, 0.29) is 6.10 Å². The van der Waals surface area contributed by atoms with E-state index in [1.54, 1.807) is 6.08 Å². The molecule has 0 fully saturated rings. The van der Waals surface area contributed by atoms with Crippen LogP contribution in [0.2, 0.25) is 0 Å². The van der Waals surface area contributed by atoms with Crippen LogP contribution in [-0.4, -0.2) is 12.1 Å². The molecule has 0 amide bonds. The van der Waals surface area contributed by atoms with Crippen molar-refractivity contribution in [2.75, 3.05) is 0 Å². The first-order valence-corrected chi connectivity index (χ1v) is 5.73. The highest BCUT2D eigenvalue weighted by molar-refractivity contribution is 5.27. The molecule has 0 aliphatic carbocycles. The lowest BCUT2D eigenvalue weighted by molar-refractivity contribution is 0.270. The summed E-state index contributed by atoms with van der Waals surface area (Å²) in [6.45, 7) is 10.8. The van der Waals surface area contributed by atoms with Crippen LogP contribution in [0.25, 0.3) is 0 Å². The second-order valence-corrected chi connectivity index (χ2v) is 4.24. The first-order valence-electron chi connectivity index (χ1n) is 5.73. The highest BCUT2D eigenvalue weighted by Gasteiger charge is 1.99. The largest absolute Gasteiger partial charge is 0.487 e. The lowest BCUT2D eigenvalue weighted by atomic mass is 10.2. The molecule has 1 atom stereocenters. The molecule has 2 nitrogen and oxygen atoms in total. The Kier molecular flexibility index (Phi) is 5.06. The van der Waals surface area contributed by atoms with Crippen molar-refractivity contribution in [3.63, 3.8) is 0 Å². The maximum absolute atomic E-state index is 5.61. The van der Waals surface area contributed by atoms with Crippen LogP contribution in [0.5, 0.6) is 5.75 Å². The molecule has 0 bridgehead atoms. The molecule has 0 saturated heterocycles. The molecule has 0 aromatic heterocycles. The molecule has 16 heavy (non-hydrogen) atoms. The summed E-state index contributed by atoms with van der Waals surface area (Å²) < 4.78 is 5.61. The first-order chi connectivity index (χ1) is 7.61. The fourth-order valence-electron chi connectivity index (χ4n) is 1.27. The van der Waals surface area contributed by atoms with E-state index in [0.717, 1.165) is 12.3 Å². The van der Waals surface area contributed by atoms with Gasteiger partial charge in [-0.1, -0.05) is 38.6 Å². The van der Waals surface area contributed by atoms with Crippen molar-refractivity contribution >= 4 is 0 Å². The average Bonchev–Trinajstić information content (AvgIpc) is 2.28. The lowest BCUT2D eigenvalue weighted by Gasteiger charge is -2.12. The lowest BCUT2D eigenvalue weighted by Crippen LogP contribution is -2.21. The summed E-state index contributed by atoms with van der Waals surface area (Å²) in [4.78, 5) is 0. The normalized spacial score (nSPS) is 12.5. The Hall–Kier alpha value is -1.28. The third kappa shape index (κ3) is 4.49. The SMILES string of the molecule is C=CC(C)Oc1ccc(CNC(C)C)cc1. The molecule has 0 radical (unpaired) electrons. The van der Waals surface area contributed by atoms with Gasteiger partial charge in [-0.2, -0.15) is 0 Å². The molecule has 1 rings (SSSR count). The smallest absolute Gasteiger partial charge is 0.120 e. The predicted molar refractivity (Wildman–Crippen MR) is 68.7 cm³/mol. The van der Waals surface area contributed by atoms with E-state index in [1.807, 2.05) is 19.1 Å². The molecule has 2 heteroatoms. The summed E-state index contributed by atoms with van der Waals surface area (Å²) in [7, 11) is 0. The minimum absolute atomic E-state index is 0.0552. The van der Waals surface area contributed by atoms with Crippen LogP contribution in [-0.2, 0) is 6.54 Å². The number of ether oxygens (including phenoxy) is 1. The minimum Gasteiger partial charge on any atom is -0.487 e. The summed E-state index contributed by atoms with van der Waals surface area (Å²) >= 11 is 0. The Labute approximate surface area is 98.3 Å². The Morgan fingerprint density at radius 2 is 1.88 bits per heavy atom. The zero-order chi connectivity index (χ0) is 12.0. The van der Waals surface area contributed by atoms with Gasteiger partial charge in [0, 0.05) is 12.6 Å². The summed E-state index contributed by atoms with van der Waals surface area (Å²) in [6, 6.07) is 8.67. The quantitative estimate of drug-likeness (QED) is 0.742.